The molecule has 25 N–H and O–H groups in total. The van der Waals surface area contributed by atoms with Crippen LogP contribution in [-0.4, -0.2) is 192 Å². The van der Waals surface area contributed by atoms with Crippen LogP contribution in [0, 0.1) is 0 Å². The molecule has 3 heterocycles. The molecule has 0 radical (unpaired) electrons. The number of likely N-dealkylation sites (tertiary alicyclic amines) is 1. The van der Waals surface area contributed by atoms with Gasteiger partial charge in [0.15, 0.2) is 0 Å². The van der Waals surface area contributed by atoms with Gasteiger partial charge in [-0.05, 0) is 97.3 Å². The first-order valence-corrected chi connectivity index (χ1v) is 39.9. The molecular formula is C75H140N16O13. The van der Waals surface area contributed by atoms with Crippen LogP contribution in [0.25, 0.3) is 0 Å². The second kappa shape index (κ2) is 54.6. The average Bonchev–Trinajstić information content (AvgIpc) is 1.61. The molecule has 0 aromatic carbocycles. The predicted molar refractivity (Wildman–Crippen MR) is 403 cm³/mol. The summed E-state index contributed by atoms with van der Waals surface area (Å²) in [4.78, 5) is 127. The van der Waals surface area contributed by atoms with E-state index in [1.165, 1.54) is 153 Å². The van der Waals surface area contributed by atoms with Gasteiger partial charge in [-0.1, -0.05) is 161 Å². The van der Waals surface area contributed by atoms with Crippen molar-refractivity contribution in [3.05, 3.63) is 18.2 Å². The number of hydrogen-bond acceptors (Lipinski definition) is 19. The molecule has 2 aliphatic heterocycles. The fraction of sp³-hybridized carbons (Fsp3) is 0.840. The Balaban J connectivity index is 1.23. The Kier molecular flexibility index (Phi) is 48.5. The third-order valence-electron chi connectivity index (χ3n) is 20.4. The number of H-pyrrole nitrogens is 1. The number of nitrogens with two attached hydrogens (primary N) is 7. The number of aliphatic hydroxyl groups excluding tert-OH is 3. The van der Waals surface area contributed by atoms with E-state index in [4.69, 9.17) is 40.1 Å². The van der Waals surface area contributed by atoms with Gasteiger partial charge >= 0.3 is 5.97 Å². The summed E-state index contributed by atoms with van der Waals surface area (Å²) in [6, 6.07) is -8.67. The molecule has 2 saturated heterocycles. The van der Waals surface area contributed by atoms with E-state index in [1.54, 1.807) is 0 Å². The topological polar surface area (TPSA) is 521 Å². The van der Waals surface area contributed by atoms with Crippen molar-refractivity contribution in [2.45, 2.75) is 387 Å². The second-order valence-electron chi connectivity index (χ2n) is 30.3. The number of primary amides is 1. The number of hydrogen-bond donors (Lipinski definition) is 18. The number of rotatable bonds is 59. The average molecular weight is 1470 g/mol. The minimum Gasteiger partial charge on any atom is -0.480 e. The van der Waals surface area contributed by atoms with Gasteiger partial charge in [-0.15, -0.1) is 0 Å². The summed E-state index contributed by atoms with van der Waals surface area (Å²) in [6.07, 6.45) is 38.0. The van der Waals surface area contributed by atoms with E-state index in [2.05, 4.69) is 48.8 Å². The fourth-order valence-corrected chi connectivity index (χ4v) is 14.1. The zero-order valence-corrected chi connectivity index (χ0v) is 63.2. The molecule has 15 atom stereocenters. The number of unbranched alkanes of at least 4 members (excludes halogenated alkanes) is 20. The molecule has 8 amide bonds. The number of aliphatic hydroxyl groups is 3. The van der Waals surface area contributed by atoms with E-state index < -0.39 is 133 Å². The zero-order valence-electron chi connectivity index (χ0n) is 63.2. The quantitative estimate of drug-likeness (QED) is 0.0407. The number of carboxylic acid groups (broad SMARTS) is 1. The number of carboxylic acids is 1. The Morgan fingerprint density at radius 2 is 1.07 bits per heavy atom. The van der Waals surface area contributed by atoms with Crippen LogP contribution in [0.4, 0.5) is 0 Å². The van der Waals surface area contributed by atoms with Crippen molar-refractivity contribution in [1.82, 2.24) is 46.8 Å². The minimum absolute atomic E-state index is 0.0998. The van der Waals surface area contributed by atoms with Gasteiger partial charge in [0.25, 0.3) is 0 Å². The second-order valence-corrected chi connectivity index (χ2v) is 30.3. The summed E-state index contributed by atoms with van der Waals surface area (Å²) in [5.74, 6) is -8.76. The van der Waals surface area contributed by atoms with Crippen LogP contribution in [0.5, 0.6) is 0 Å². The van der Waals surface area contributed by atoms with Crippen LogP contribution < -0.4 is 72.0 Å². The van der Waals surface area contributed by atoms with E-state index in [-0.39, 0.29) is 44.8 Å². The van der Waals surface area contributed by atoms with E-state index in [1.807, 2.05) is 0 Å². The molecule has 0 bridgehead atoms. The van der Waals surface area contributed by atoms with Gasteiger partial charge in [0.1, 0.15) is 30.2 Å². The van der Waals surface area contributed by atoms with Crippen LogP contribution in [0.15, 0.2) is 12.5 Å². The first-order valence-electron chi connectivity index (χ1n) is 39.9. The maximum absolute atomic E-state index is 14.4. The van der Waals surface area contributed by atoms with Crippen molar-refractivity contribution in [2.24, 2.45) is 40.1 Å². The Hall–Kier alpha value is -5.92. The zero-order chi connectivity index (χ0) is 76.6. The highest BCUT2D eigenvalue weighted by Crippen LogP contribution is 2.26. The highest BCUT2D eigenvalue weighted by Gasteiger charge is 2.43. The molecule has 2 aliphatic rings. The standard InChI is InChI=1S/C75H140N16O13/c1-51(76)29-18-8-3-9-19-30-53(77)31-20-10-4-11-21-32-54(78)33-22-12-5-13-23-34-55(79)35-24-14-6-15-25-36-56(80)37-26-16-7-17-27-38-58(92)40-41-84-67(96)45-59(93)44-65(94)64-39-28-42-91(64)74(102)70-52(2)86-69(98)48-63(72(100)88-62(47-66(82)95)73(101)90-70)89-71(99)61(43-57-49-83-50-85-57)87-68(97)46-60(81)75(103)104/h49-56,58-65,70,92-94H,3-48,76-81H2,1-2H3,(H2,82,95)(H,83,85)(H,84,96)(H,86,98)(H,87,97)(H,88,100)(H,89,99)(H,90,101)(H,103,104)/t51?,52?,53?,54?,55?,56?,58?,59?,60?,61-,62?,63?,64?,65?,70?/m0/s1. The molecule has 14 unspecified atom stereocenters. The molecule has 1 aromatic heterocycles. The van der Waals surface area contributed by atoms with Crippen molar-refractivity contribution in [1.29, 1.82) is 0 Å². The molecule has 29 heteroatoms. The van der Waals surface area contributed by atoms with Crippen molar-refractivity contribution in [3.8, 4) is 0 Å². The SMILES string of the molecule is CC(N)CCCCCCCC(N)CCCCCCCC(N)CCCCCCCC(N)CCCCCCCC(N)CCCCCCCC(O)CCNC(=O)CC(O)CC(O)C1CCCN1C(=O)C1NC(=O)C(CC(N)=O)NC(=O)C(NC(=O)[C@H](Cc2cnc[nH]2)NC(=O)CC(N)C(=O)O)CC(=O)NC1C. The molecule has 104 heavy (non-hydrogen) atoms. The minimum atomic E-state index is -1.75. The molecule has 1 aromatic rings. The number of nitrogens with zero attached hydrogens (tertiary/aromatic N) is 2. The Labute approximate surface area is 619 Å². The normalized spacial score (nSPS) is 20.3. The lowest BCUT2D eigenvalue weighted by Crippen LogP contribution is -2.62. The number of aromatic nitrogens is 2. The summed E-state index contributed by atoms with van der Waals surface area (Å²) in [5.41, 5.74) is 43.0. The molecule has 3 rings (SSSR count). The largest absolute Gasteiger partial charge is 0.480 e. The first-order chi connectivity index (χ1) is 49.7. The monoisotopic (exact) mass is 1470 g/mol. The van der Waals surface area contributed by atoms with E-state index in [0.29, 0.717) is 49.1 Å². The number of carbonyl (C=O) groups excluding carboxylic acids is 8. The Bertz CT molecular complexity index is 2580. The molecule has 2 fully saturated rings. The van der Waals surface area contributed by atoms with Gasteiger partial charge in [-0.25, -0.2) is 4.98 Å². The third-order valence-corrected chi connectivity index (χ3v) is 20.4. The number of amides is 8. The molecule has 0 spiro atoms. The number of aromatic amines is 1. The highest BCUT2D eigenvalue weighted by molar-refractivity contribution is 5.99. The number of imidazole rings is 1. The van der Waals surface area contributed by atoms with Gasteiger partial charge in [-0.2, -0.15) is 0 Å². The number of aliphatic carboxylic acids is 1. The summed E-state index contributed by atoms with van der Waals surface area (Å²) in [6.45, 7) is 3.77. The highest BCUT2D eigenvalue weighted by atomic mass is 16.4. The first kappa shape index (κ1) is 92.3. The van der Waals surface area contributed by atoms with E-state index >= 15 is 0 Å². The fourth-order valence-electron chi connectivity index (χ4n) is 14.1. The van der Waals surface area contributed by atoms with E-state index in [0.717, 1.165) is 89.9 Å². The predicted octanol–water partition coefficient (Wildman–Crippen LogP) is 4.15. The van der Waals surface area contributed by atoms with Gasteiger partial charge in [-0.3, -0.25) is 43.2 Å². The van der Waals surface area contributed by atoms with Crippen LogP contribution in [-0.2, 0) is 49.6 Å². The smallest absolute Gasteiger partial charge is 0.321 e. The van der Waals surface area contributed by atoms with Gasteiger partial charge < -0.3 is 102 Å². The third kappa shape index (κ3) is 42.4. The number of nitrogens with one attached hydrogen (secondary N) is 7. The van der Waals surface area contributed by atoms with Crippen molar-refractivity contribution < 1.29 is 63.6 Å². The van der Waals surface area contributed by atoms with Gasteiger partial charge in [0.2, 0.25) is 47.3 Å². The van der Waals surface area contributed by atoms with Crippen LogP contribution >= 0.6 is 0 Å². The molecule has 0 aliphatic carbocycles. The summed E-state index contributed by atoms with van der Waals surface area (Å²) < 4.78 is 0. The Morgan fingerprint density at radius 1 is 0.596 bits per heavy atom. The maximum atomic E-state index is 14.4. The molecule has 598 valence electrons. The van der Waals surface area contributed by atoms with Crippen molar-refractivity contribution in [3.63, 3.8) is 0 Å². The number of carbonyl (C=O) groups is 9. The lowest BCUT2D eigenvalue weighted by Gasteiger charge is -2.35. The van der Waals surface area contributed by atoms with Crippen LogP contribution in [0.2, 0.25) is 0 Å². The maximum Gasteiger partial charge on any atom is 0.321 e. The van der Waals surface area contributed by atoms with Gasteiger partial charge in [0, 0.05) is 68.0 Å². The molecular weight excluding hydrogens is 1330 g/mol. The summed E-state index contributed by atoms with van der Waals surface area (Å²) >= 11 is 0. The van der Waals surface area contributed by atoms with Gasteiger partial charge in [0.05, 0.1) is 62.4 Å². The van der Waals surface area contributed by atoms with Crippen molar-refractivity contribution >= 4 is 53.2 Å². The van der Waals surface area contributed by atoms with Crippen LogP contribution in [0.3, 0.4) is 0 Å². The molecule has 29 nitrogen and oxygen atoms in total. The lowest BCUT2D eigenvalue weighted by atomic mass is 9.98. The summed E-state index contributed by atoms with van der Waals surface area (Å²) in [5, 5.41) is 57.1. The summed E-state index contributed by atoms with van der Waals surface area (Å²) in [7, 11) is 0. The lowest BCUT2D eigenvalue weighted by molar-refractivity contribution is -0.141. The van der Waals surface area contributed by atoms with E-state index in [9.17, 15) is 63.6 Å². The Morgan fingerprint density at radius 3 is 1.52 bits per heavy atom. The van der Waals surface area contributed by atoms with Crippen LogP contribution in [0.1, 0.15) is 296 Å². The van der Waals surface area contributed by atoms with Crippen molar-refractivity contribution in [2.75, 3.05) is 13.1 Å². The molecule has 0 saturated carbocycles.